The maximum atomic E-state index is 12.8. The van der Waals surface area contributed by atoms with Gasteiger partial charge in [0.15, 0.2) is 5.96 Å². The van der Waals surface area contributed by atoms with Crippen LogP contribution in [0.2, 0.25) is 0 Å². The van der Waals surface area contributed by atoms with Gasteiger partial charge in [-0.3, -0.25) is 24.7 Å². The monoisotopic (exact) mass is 535 g/mol. The van der Waals surface area contributed by atoms with Crippen LogP contribution in [-0.2, 0) is 20.9 Å². The molecule has 200 valence electrons. The van der Waals surface area contributed by atoms with Gasteiger partial charge in [-0.15, -0.1) is 12.4 Å². The fourth-order valence-electron chi connectivity index (χ4n) is 2.97. The molecule has 0 saturated heterocycles. The fourth-order valence-corrected chi connectivity index (χ4v) is 2.97. The minimum atomic E-state index is -0.999. The molecule has 0 unspecified atom stereocenters. The van der Waals surface area contributed by atoms with Crippen LogP contribution in [0.3, 0.4) is 0 Å². The number of rotatable bonds is 12. The molecule has 0 aromatic heterocycles. The van der Waals surface area contributed by atoms with Crippen molar-refractivity contribution in [1.82, 2.24) is 10.6 Å². The summed E-state index contributed by atoms with van der Waals surface area (Å²) in [6.07, 6.45) is -0.231. The lowest BCUT2D eigenvalue weighted by atomic mass is 10.1. The molecule has 0 fully saturated rings. The second kappa shape index (κ2) is 15.6. The van der Waals surface area contributed by atoms with E-state index in [1.54, 1.807) is 12.1 Å². The molecular formula is C23H30ClN7O6. The number of anilines is 1. The second-order valence-electron chi connectivity index (χ2n) is 7.73. The van der Waals surface area contributed by atoms with Crippen LogP contribution in [0, 0.1) is 10.1 Å². The highest BCUT2D eigenvalue weighted by Crippen LogP contribution is 2.16. The largest absolute Gasteiger partial charge is 0.445 e. The molecule has 2 aromatic rings. The van der Waals surface area contributed by atoms with E-state index >= 15 is 0 Å². The van der Waals surface area contributed by atoms with Crippen molar-refractivity contribution in [1.29, 1.82) is 0 Å². The average Bonchev–Trinajstić information content (AvgIpc) is 2.85. The van der Waals surface area contributed by atoms with Crippen molar-refractivity contribution in [2.45, 2.75) is 38.5 Å². The van der Waals surface area contributed by atoms with Gasteiger partial charge < -0.3 is 32.2 Å². The SMILES string of the molecule is C[C@H](NC(=O)OCc1ccccc1)C(=O)N[C@@H](CCCN=C(N)N)C(=O)Nc1ccc([N+](=O)[O-])cc1.Cl. The van der Waals surface area contributed by atoms with Crippen molar-refractivity contribution in [3.05, 3.63) is 70.3 Å². The minimum absolute atomic E-state index is 0. The molecule has 0 aliphatic heterocycles. The summed E-state index contributed by atoms with van der Waals surface area (Å²) >= 11 is 0. The van der Waals surface area contributed by atoms with E-state index in [4.69, 9.17) is 16.2 Å². The van der Waals surface area contributed by atoms with Crippen molar-refractivity contribution < 1.29 is 24.0 Å². The molecule has 0 spiro atoms. The lowest BCUT2D eigenvalue weighted by Crippen LogP contribution is -2.51. The van der Waals surface area contributed by atoms with Gasteiger partial charge in [0.2, 0.25) is 11.8 Å². The summed E-state index contributed by atoms with van der Waals surface area (Å²) in [7, 11) is 0. The molecule has 13 nitrogen and oxygen atoms in total. The van der Waals surface area contributed by atoms with Crippen LogP contribution in [-0.4, -0.2) is 47.4 Å². The van der Waals surface area contributed by atoms with E-state index in [1.165, 1.54) is 31.2 Å². The lowest BCUT2D eigenvalue weighted by Gasteiger charge is -2.21. The molecular weight excluding hydrogens is 506 g/mol. The summed E-state index contributed by atoms with van der Waals surface area (Å²) in [5.41, 5.74) is 11.6. The number of ether oxygens (including phenoxy) is 1. The first-order valence-electron chi connectivity index (χ1n) is 11.0. The van der Waals surface area contributed by atoms with E-state index in [9.17, 15) is 24.5 Å². The lowest BCUT2D eigenvalue weighted by molar-refractivity contribution is -0.384. The zero-order valence-electron chi connectivity index (χ0n) is 20.1. The number of alkyl carbamates (subject to hydrolysis) is 1. The topological polar surface area (TPSA) is 204 Å². The van der Waals surface area contributed by atoms with Crippen molar-refractivity contribution in [2.24, 2.45) is 16.5 Å². The number of nitro benzene ring substituents is 1. The first kappa shape index (κ1) is 30.6. The molecule has 0 aliphatic carbocycles. The Hall–Kier alpha value is -4.39. The second-order valence-corrected chi connectivity index (χ2v) is 7.73. The quantitative estimate of drug-likeness (QED) is 0.0888. The van der Waals surface area contributed by atoms with Crippen LogP contribution in [0.25, 0.3) is 0 Å². The molecule has 0 radical (unpaired) electrons. The summed E-state index contributed by atoms with van der Waals surface area (Å²) in [5, 5.41) is 18.4. The molecule has 0 heterocycles. The number of hydrogen-bond acceptors (Lipinski definition) is 7. The van der Waals surface area contributed by atoms with Crippen molar-refractivity contribution in [3.8, 4) is 0 Å². The van der Waals surface area contributed by atoms with Gasteiger partial charge >= 0.3 is 6.09 Å². The Morgan fingerprint density at radius 2 is 1.68 bits per heavy atom. The van der Waals surface area contributed by atoms with Crippen molar-refractivity contribution in [2.75, 3.05) is 11.9 Å². The van der Waals surface area contributed by atoms with E-state index in [0.29, 0.717) is 12.1 Å². The highest BCUT2D eigenvalue weighted by atomic mass is 35.5. The van der Waals surface area contributed by atoms with E-state index in [0.717, 1.165) is 5.56 Å². The first-order valence-corrected chi connectivity index (χ1v) is 11.0. The van der Waals surface area contributed by atoms with Crippen molar-refractivity contribution in [3.63, 3.8) is 0 Å². The number of amides is 3. The van der Waals surface area contributed by atoms with Gasteiger partial charge in [-0.2, -0.15) is 0 Å². The van der Waals surface area contributed by atoms with Gasteiger partial charge in [-0.05, 0) is 37.5 Å². The van der Waals surface area contributed by atoms with E-state index in [1.807, 2.05) is 18.2 Å². The molecule has 0 bridgehead atoms. The van der Waals surface area contributed by atoms with Gasteiger partial charge in [0.05, 0.1) is 4.92 Å². The number of non-ortho nitro benzene ring substituents is 1. The number of nitro groups is 1. The normalized spacial score (nSPS) is 11.6. The molecule has 7 N–H and O–H groups in total. The van der Waals surface area contributed by atoms with Gasteiger partial charge in [0, 0.05) is 24.4 Å². The Kier molecular flexibility index (Phi) is 12.9. The third-order valence-electron chi connectivity index (χ3n) is 4.86. The standard InChI is InChI=1S/C23H29N7O6.ClH/c1-15(27-23(33)36-14-16-6-3-2-4-7-16)20(31)29-19(8-5-13-26-22(24)25)21(32)28-17-9-11-18(12-10-17)30(34)35;/h2-4,6-7,9-12,15,19H,5,8,13-14H2,1H3,(H,27,33)(H,28,32)(H,29,31)(H4,24,25,26);1H/t15-,19-;/m0./s1. The summed E-state index contributed by atoms with van der Waals surface area (Å²) in [6.45, 7) is 1.72. The Labute approximate surface area is 219 Å². The van der Waals surface area contributed by atoms with Gasteiger partial charge in [-0.1, -0.05) is 30.3 Å². The molecule has 14 heteroatoms. The number of benzene rings is 2. The smallest absolute Gasteiger partial charge is 0.408 e. The number of aliphatic imine (C=N–C) groups is 1. The molecule has 0 aliphatic rings. The van der Waals surface area contributed by atoms with Crippen LogP contribution in [0.4, 0.5) is 16.2 Å². The predicted molar refractivity (Wildman–Crippen MR) is 140 cm³/mol. The maximum Gasteiger partial charge on any atom is 0.408 e. The molecule has 2 atom stereocenters. The number of halogens is 1. The number of nitrogens with one attached hydrogen (secondary N) is 3. The molecule has 2 aromatic carbocycles. The third kappa shape index (κ3) is 11.3. The number of nitrogens with zero attached hydrogens (tertiary/aromatic N) is 2. The van der Waals surface area contributed by atoms with Gasteiger partial charge in [-0.25, -0.2) is 4.79 Å². The molecule has 0 saturated carbocycles. The predicted octanol–water partition coefficient (Wildman–Crippen LogP) is 1.81. The maximum absolute atomic E-state index is 12.8. The van der Waals surface area contributed by atoms with Crippen LogP contribution in [0.5, 0.6) is 0 Å². The summed E-state index contributed by atoms with van der Waals surface area (Å²) < 4.78 is 5.11. The van der Waals surface area contributed by atoms with E-state index in [-0.39, 0.29) is 43.6 Å². The Balaban J connectivity index is 0.00000684. The number of carbonyl (C=O) groups is 3. The Bertz CT molecular complexity index is 1080. The number of hydrogen-bond donors (Lipinski definition) is 5. The van der Waals surface area contributed by atoms with Crippen LogP contribution >= 0.6 is 12.4 Å². The highest BCUT2D eigenvalue weighted by molar-refractivity contribution is 5.98. The third-order valence-corrected chi connectivity index (χ3v) is 4.86. The Morgan fingerprint density at radius 3 is 2.27 bits per heavy atom. The van der Waals surface area contributed by atoms with Crippen LogP contribution in [0.15, 0.2) is 59.6 Å². The number of guanidine groups is 1. The molecule has 2 rings (SSSR count). The zero-order chi connectivity index (χ0) is 26.5. The molecule has 37 heavy (non-hydrogen) atoms. The van der Waals surface area contributed by atoms with Crippen LogP contribution in [0.1, 0.15) is 25.3 Å². The minimum Gasteiger partial charge on any atom is -0.445 e. The van der Waals surface area contributed by atoms with Crippen molar-refractivity contribution >= 4 is 47.6 Å². The average molecular weight is 536 g/mol. The van der Waals surface area contributed by atoms with Gasteiger partial charge in [0.25, 0.3) is 5.69 Å². The molecule has 3 amide bonds. The summed E-state index contributed by atoms with van der Waals surface area (Å²) in [4.78, 5) is 51.7. The van der Waals surface area contributed by atoms with Gasteiger partial charge in [0.1, 0.15) is 18.7 Å². The zero-order valence-corrected chi connectivity index (χ0v) is 20.9. The highest BCUT2D eigenvalue weighted by Gasteiger charge is 2.25. The van der Waals surface area contributed by atoms with E-state index < -0.39 is 34.9 Å². The number of nitrogens with two attached hydrogens (primary N) is 2. The summed E-state index contributed by atoms with van der Waals surface area (Å²) in [6, 6.07) is 12.3. The summed E-state index contributed by atoms with van der Waals surface area (Å²) in [5.74, 6) is -1.27. The fraction of sp³-hybridized carbons (Fsp3) is 0.304. The van der Waals surface area contributed by atoms with Crippen LogP contribution < -0.4 is 27.4 Å². The first-order chi connectivity index (χ1) is 17.2. The van der Waals surface area contributed by atoms with E-state index in [2.05, 4.69) is 20.9 Å². The Morgan fingerprint density at radius 1 is 1.03 bits per heavy atom. The number of carbonyl (C=O) groups excluding carboxylic acids is 3.